The van der Waals surface area contributed by atoms with Crippen molar-refractivity contribution >= 4 is 35.3 Å². The zero-order valence-corrected chi connectivity index (χ0v) is 4.32. The van der Waals surface area contributed by atoms with Crippen molar-refractivity contribution in [2.45, 2.75) is 26.7 Å². The van der Waals surface area contributed by atoms with Gasteiger partial charge in [0.2, 0.25) is 0 Å². The van der Waals surface area contributed by atoms with E-state index in [1.807, 2.05) is 6.92 Å². The summed E-state index contributed by atoms with van der Waals surface area (Å²) in [6.07, 6.45) is 1.72. The molecule has 0 rings (SSSR count). The molecular formula is C5H11NaO. The third-order valence-corrected chi connectivity index (χ3v) is 0.602. The Labute approximate surface area is 66.8 Å². The number of carbonyl (C=O) groups excluding carboxylic acids is 1. The summed E-state index contributed by atoms with van der Waals surface area (Å²) in [6.45, 7) is 3.62. The molecule has 38 valence electrons. The van der Waals surface area contributed by atoms with Crippen LogP contribution in [-0.2, 0) is 4.79 Å². The molecule has 7 heavy (non-hydrogen) atoms. The predicted octanol–water partition coefficient (Wildman–Crippen LogP) is 0.727. The van der Waals surface area contributed by atoms with Gasteiger partial charge in [0.25, 0.3) is 0 Å². The van der Waals surface area contributed by atoms with Gasteiger partial charge in [-0.3, -0.25) is 0 Å². The van der Waals surface area contributed by atoms with E-state index in [0.717, 1.165) is 12.8 Å². The van der Waals surface area contributed by atoms with Crippen LogP contribution in [0.15, 0.2) is 0 Å². The fraction of sp³-hybridized carbons (Fsp3) is 0.800. The second kappa shape index (κ2) is 6.67. The molecule has 0 radical (unpaired) electrons. The molecule has 0 aliphatic carbocycles. The first kappa shape index (κ1) is 10.6. The maximum absolute atomic E-state index is 10.0. The van der Waals surface area contributed by atoms with E-state index in [0.29, 0.717) is 0 Å². The molecule has 0 aliphatic rings. The van der Waals surface area contributed by atoms with Crippen LogP contribution in [0.25, 0.3) is 0 Å². The van der Waals surface area contributed by atoms with Gasteiger partial charge in [-0.1, -0.05) is 6.92 Å². The Bertz CT molecular complexity index is 52.0. The summed E-state index contributed by atoms with van der Waals surface area (Å²) in [7, 11) is 0. The molecule has 0 atom stereocenters. The summed E-state index contributed by atoms with van der Waals surface area (Å²) in [6, 6.07) is 0. The van der Waals surface area contributed by atoms with Gasteiger partial charge in [0.1, 0.15) is 5.78 Å². The summed E-state index contributed by atoms with van der Waals surface area (Å²) in [4.78, 5) is 10.0. The molecule has 0 amide bonds. The second-order valence-electron chi connectivity index (χ2n) is 1.45. The zero-order valence-electron chi connectivity index (χ0n) is 4.32. The molecule has 1 nitrogen and oxygen atoms in total. The van der Waals surface area contributed by atoms with Gasteiger partial charge in [-0.05, 0) is 13.3 Å². The van der Waals surface area contributed by atoms with Gasteiger partial charge in [-0.25, -0.2) is 0 Å². The van der Waals surface area contributed by atoms with E-state index in [1.165, 1.54) is 0 Å². The van der Waals surface area contributed by atoms with Crippen molar-refractivity contribution < 1.29 is 4.79 Å². The Morgan fingerprint density at radius 1 is 1.57 bits per heavy atom. The van der Waals surface area contributed by atoms with E-state index in [9.17, 15) is 4.79 Å². The van der Waals surface area contributed by atoms with Gasteiger partial charge in [-0.15, -0.1) is 0 Å². The van der Waals surface area contributed by atoms with Gasteiger partial charge in [0.15, 0.2) is 0 Å². The molecule has 0 bridgehead atoms. The third-order valence-electron chi connectivity index (χ3n) is 0.602. The summed E-state index contributed by atoms with van der Waals surface area (Å²) in [5.41, 5.74) is 0. The van der Waals surface area contributed by atoms with Crippen LogP contribution >= 0.6 is 0 Å². The Morgan fingerprint density at radius 3 is 2.00 bits per heavy atom. The van der Waals surface area contributed by atoms with E-state index >= 15 is 0 Å². The standard InChI is InChI=1S/C5H10O.Na.H/c1-3-4-5(2)6;;/h3-4H2,1-2H3;;. The topological polar surface area (TPSA) is 17.1 Å². The molecule has 0 saturated heterocycles. The van der Waals surface area contributed by atoms with Gasteiger partial charge in [0, 0.05) is 6.42 Å². The molecule has 0 aromatic heterocycles. The number of ketones is 1. The number of rotatable bonds is 2. The molecule has 0 fully saturated rings. The van der Waals surface area contributed by atoms with Gasteiger partial charge >= 0.3 is 29.6 Å². The molecule has 0 N–H and O–H groups in total. The summed E-state index contributed by atoms with van der Waals surface area (Å²) in [5.74, 6) is 0.289. The van der Waals surface area contributed by atoms with E-state index in [1.54, 1.807) is 6.92 Å². The Morgan fingerprint density at radius 2 is 2.00 bits per heavy atom. The normalized spacial score (nSPS) is 7.14. The number of carbonyl (C=O) groups is 1. The van der Waals surface area contributed by atoms with Crippen LogP contribution in [0.3, 0.4) is 0 Å². The fourth-order valence-corrected chi connectivity index (χ4v) is 0.352. The molecule has 0 unspecified atom stereocenters. The maximum atomic E-state index is 10.0. The van der Waals surface area contributed by atoms with Crippen LogP contribution < -0.4 is 0 Å². The van der Waals surface area contributed by atoms with E-state index < -0.39 is 0 Å². The van der Waals surface area contributed by atoms with E-state index in [-0.39, 0.29) is 35.3 Å². The average Bonchev–Trinajstić information content (AvgIpc) is 1.35. The molecule has 0 spiro atoms. The number of hydrogen-bond donors (Lipinski definition) is 0. The fourth-order valence-electron chi connectivity index (χ4n) is 0.352. The van der Waals surface area contributed by atoms with Crippen LogP contribution in [0, 0.1) is 0 Å². The van der Waals surface area contributed by atoms with Crippen LogP contribution in [0.4, 0.5) is 0 Å². The summed E-state index contributed by atoms with van der Waals surface area (Å²) in [5, 5.41) is 0. The van der Waals surface area contributed by atoms with Crippen molar-refractivity contribution in [1.82, 2.24) is 0 Å². The molecule has 0 aromatic carbocycles. The zero-order chi connectivity index (χ0) is 4.99. The predicted molar refractivity (Wildman–Crippen MR) is 32.7 cm³/mol. The van der Waals surface area contributed by atoms with Gasteiger partial charge < -0.3 is 4.79 Å². The molecule has 2 heteroatoms. The van der Waals surface area contributed by atoms with Gasteiger partial charge in [-0.2, -0.15) is 0 Å². The van der Waals surface area contributed by atoms with Crippen molar-refractivity contribution in [3.63, 3.8) is 0 Å². The van der Waals surface area contributed by atoms with E-state index in [2.05, 4.69) is 0 Å². The Hall–Kier alpha value is 0.670. The number of Topliss-reactive ketones (excluding diaryl/α,β-unsaturated/α-hetero) is 1. The number of hydrogen-bond acceptors (Lipinski definition) is 1. The average molecular weight is 110 g/mol. The second-order valence-corrected chi connectivity index (χ2v) is 1.45. The van der Waals surface area contributed by atoms with Crippen molar-refractivity contribution in [3.05, 3.63) is 0 Å². The summed E-state index contributed by atoms with van der Waals surface area (Å²) >= 11 is 0. The molecule has 0 saturated carbocycles. The van der Waals surface area contributed by atoms with Crippen molar-refractivity contribution in [3.8, 4) is 0 Å². The van der Waals surface area contributed by atoms with E-state index in [4.69, 9.17) is 0 Å². The van der Waals surface area contributed by atoms with Crippen molar-refractivity contribution in [2.75, 3.05) is 0 Å². The third kappa shape index (κ3) is 10.8. The SMILES string of the molecule is CCCC(C)=O.[NaH]. The molecule has 0 aromatic rings. The minimum absolute atomic E-state index is 0. The van der Waals surface area contributed by atoms with Crippen molar-refractivity contribution in [1.29, 1.82) is 0 Å². The molecule has 0 aliphatic heterocycles. The monoisotopic (exact) mass is 110 g/mol. The van der Waals surface area contributed by atoms with Gasteiger partial charge in [0.05, 0.1) is 0 Å². The molecular weight excluding hydrogens is 99.0 g/mol. The van der Waals surface area contributed by atoms with Crippen LogP contribution in [-0.4, -0.2) is 35.3 Å². The first-order chi connectivity index (χ1) is 2.77. The van der Waals surface area contributed by atoms with Crippen LogP contribution in [0.5, 0.6) is 0 Å². The molecule has 0 heterocycles. The van der Waals surface area contributed by atoms with Crippen LogP contribution in [0.2, 0.25) is 0 Å². The Balaban J connectivity index is 0. The quantitative estimate of drug-likeness (QED) is 0.479. The summed E-state index contributed by atoms with van der Waals surface area (Å²) < 4.78 is 0. The minimum atomic E-state index is 0. The first-order valence-electron chi connectivity index (χ1n) is 2.26. The Kier molecular flexibility index (Phi) is 10.1. The van der Waals surface area contributed by atoms with Crippen molar-refractivity contribution in [2.24, 2.45) is 0 Å². The first-order valence-corrected chi connectivity index (χ1v) is 2.26. The van der Waals surface area contributed by atoms with Crippen LogP contribution in [0.1, 0.15) is 26.7 Å².